The topological polar surface area (TPSA) is 77.4 Å². The molecule has 0 spiro atoms. The number of amides is 1. The molecule has 7 nitrogen and oxygen atoms in total. The molecule has 0 N–H and O–H groups in total. The monoisotopic (exact) mass is 384 g/mol. The molecule has 148 valence electrons. The molecule has 28 heavy (non-hydrogen) atoms. The SMILES string of the molecule is COc1ccc(/C=N\OCC(=O)OCC(=O)N(c2ccccc2)C(C)C)cc1. The Morgan fingerprint density at radius 2 is 1.71 bits per heavy atom. The zero-order chi connectivity index (χ0) is 20.4. The number of methoxy groups -OCH3 is 1. The van der Waals surface area contributed by atoms with Crippen LogP contribution in [-0.2, 0) is 19.2 Å². The van der Waals surface area contributed by atoms with Gasteiger partial charge >= 0.3 is 5.97 Å². The second-order valence-corrected chi connectivity index (χ2v) is 6.13. The van der Waals surface area contributed by atoms with Crippen molar-refractivity contribution in [3.63, 3.8) is 0 Å². The number of anilines is 1. The van der Waals surface area contributed by atoms with Crippen LogP contribution >= 0.6 is 0 Å². The van der Waals surface area contributed by atoms with Gasteiger partial charge in [0.1, 0.15) is 5.75 Å². The number of esters is 1. The van der Waals surface area contributed by atoms with Crippen molar-refractivity contribution < 1.29 is 23.9 Å². The van der Waals surface area contributed by atoms with Crippen LogP contribution in [0.1, 0.15) is 19.4 Å². The molecule has 2 aromatic carbocycles. The van der Waals surface area contributed by atoms with E-state index in [4.69, 9.17) is 14.3 Å². The minimum atomic E-state index is -0.669. The number of para-hydroxylation sites is 1. The van der Waals surface area contributed by atoms with E-state index in [0.29, 0.717) is 0 Å². The van der Waals surface area contributed by atoms with E-state index in [1.807, 2.05) is 44.2 Å². The van der Waals surface area contributed by atoms with E-state index < -0.39 is 5.97 Å². The van der Waals surface area contributed by atoms with E-state index in [1.54, 1.807) is 36.3 Å². The Morgan fingerprint density at radius 3 is 2.32 bits per heavy atom. The molecule has 0 aliphatic rings. The quantitative estimate of drug-likeness (QED) is 0.377. The van der Waals surface area contributed by atoms with Gasteiger partial charge in [-0.05, 0) is 55.8 Å². The highest BCUT2D eigenvalue weighted by molar-refractivity contribution is 5.95. The first-order chi connectivity index (χ1) is 13.5. The van der Waals surface area contributed by atoms with Crippen LogP contribution in [0, 0.1) is 0 Å². The van der Waals surface area contributed by atoms with Crippen LogP contribution < -0.4 is 9.64 Å². The average Bonchev–Trinajstić information content (AvgIpc) is 2.71. The molecule has 0 unspecified atom stereocenters. The van der Waals surface area contributed by atoms with Gasteiger partial charge in [-0.15, -0.1) is 0 Å². The van der Waals surface area contributed by atoms with Crippen LogP contribution in [0.4, 0.5) is 5.69 Å². The number of rotatable bonds is 9. The second kappa shape index (κ2) is 10.7. The molecule has 0 aromatic heterocycles. The highest BCUT2D eigenvalue weighted by atomic mass is 16.7. The number of oxime groups is 1. The Kier molecular flexibility index (Phi) is 8.02. The average molecular weight is 384 g/mol. The predicted octanol–water partition coefficient (Wildman–Crippen LogP) is 3.03. The molecule has 7 heteroatoms. The van der Waals surface area contributed by atoms with E-state index in [-0.39, 0.29) is 25.2 Å². The van der Waals surface area contributed by atoms with Gasteiger partial charge < -0.3 is 19.2 Å². The summed E-state index contributed by atoms with van der Waals surface area (Å²) in [5, 5.41) is 3.71. The molecule has 0 heterocycles. The van der Waals surface area contributed by atoms with Gasteiger partial charge in [0.2, 0.25) is 6.61 Å². The fraction of sp³-hybridized carbons (Fsp3) is 0.286. The Bertz CT molecular complexity index is 788. The second-order valence-electron chi connectivity index (χ2n) is 6.13. The Balaban J connectivity index is 1.77. The van der Waals surface area contributed by atoms with Gasteiger partial charge in [0, 0.05) is 11.7 Å². The summed E-state index contributed by atoms with van der Waals surface area (Å²) >= 11 is 0. The van der Waals surface area contributed by atoms with Crippen LogP contribution in [0.5, 0.6) is 5.75 Å². The standard InChI is InChI=1S/C21H24N2O5/c1-16(2)23(18-7-5-4-6-8-18)20(24)14-27-21(25)15-28-22-13-17-9-11-19(26-3)12-10-17/h4-13,16H,14-15H2,1-3H3/b22-13-. The van der Waals surface area contributed by atoms with Gasteiger partial charge in [0.05, 0.1) is 13.3 Å². The molecule has 0 saturated carbocycles. The number of carbonyl (C=O) groups is 2. The molecule has 2 rings (SSSR count). The first-order valence-corrected chi connectivity index (χ1v) is 8.83. The van der Waals surface area contributed by atoms with E-state index >= 15 is 0 Å². The van der Waals surface area contributed by atoms with Crippen molar-refractivity contribution in [1.29, 1.82) is 0 Å². The molecule has 0 bridgehead atoms. The third kappa shape index (κ3) is 6.42. The van der Waals surface area contributed by atoms with E-state index in [0.717, 1.165) is 17.0 Å². The van der Waals surface area contributed by atoms with E-state index in [2.05, 4.69) is 5.16 Å². The lowest BCUT2D eigenvalue weighted by molar-refractivity contribution is -0.152. The summed E-state index contributed by atoms with van der Waals surface area (Å²) in [5.41, 5.74) is 1.54. The number of carbonyl (C=O) groups excluding carboxylic acids is 2. The molecule has 0 aliphatic heterocycles. The third-order valence-corrected chi connectivity index (χ3v) is 3.75. The van der Waals surface area contributed by atoms with Crippen LogP contribution in [0.3, 0.4) is 0 Å². The molecule has 0 atom stereocenters. The summed E-state index contributed by atoms with van der Waals surface area (Å²) in [6, 6.07) is 16.3. The zero-order valence-corrected chi connectivity index (χ0v) is 16.2. The van der Waals surface area contributed by atoms with Crippen molar-refractivity contribution in [3.05, 3.63) is 60.2 Å². The first-order valence-electron chi connectivity index (χ1n) is 8.83. The fourth-order valence-corrected chi connectivity index (χ4v) is 2.45. The molecule has 0 radical (unpaired) electrons. The van der Waals surface area contributed by atoms with Crippen molar-refractivity contribution in [1.82, 2.24) is 0 Å². The zero-order valence-electron chi connectivity index (χ0n) is 16.2. The normalized spacial score (nSPS) is 10.7. The maximum Gasteiger partial charge on any atom is 0.347 e. The van der Waals surface area contributed by atoms with Crippen molar-refractivity contribution in [2.75, 3.05) is 25.2 Å². The summed E-state index contributed by atoms with van der Waals surface area (Å²) < 4.78 is 10.1. The molecule has 0 aliphatic carbocycles. The maximum absolute atomic E-state index is 12.4. The minimum absolute atomic E-state index is 0.0704. The van der Waals surface area contributed by atoms with E-state index in [1.165, 1.54) is 6.21 Å². The summed E-state index contributed by atoms with van der Waals surface area (Å²) in [7, 11) is 1.59. The van der Waals surface area contributed by atoms with Gasteiger partial charge in [-0.2, -0.15) is 0 Å². The largest absolute Gasteiger partial charge is 0.497 e. The van der Waals surface area contributed by atoms with Crippen molar-refractivity contribution in [3.8, 4) is 5.75 Å². The molecular formula is C21H24N2O5. The van der Waals surface area contributed by atoms with Crippen LogP contribution in [0.2, 0.25) is 0 Å². The van der Waals surface area contributed by atoms with Crippen molar-refractivity contribution in [2.24, 2.45) is 5.16 Å². The smallest absolute Gasteiger partial charge is 0.347 e. The Labute approximate surface area is 164 Å². The van der Waals surface area contributed by atoms with Gasteiger partial charge in [0.25, 0.3) is 5.91 Å². The van der Waals surface area contributed by atoms with E-state index in [9.17, 15) is 9.59 Å². The Hall–Kier alpha value is -3.35. The van der Waals surface area contributed by atoms with Crippen molar-refractivity contribution in [2.45, 2.75) is 19.9 Å². The molecule has 0 saturated heterocycles. The van der Waals surface area contributed by atoms with Crippen molar-refractivity contribution >= 4 is 23.8 Å². The first kappa shape index (κ1) is 21.0. The van der Waals surface area contributed by atoms with Gasteiger partial charge in [-0.1, -0.05) is 23.4 Å². The van der Waals surface area contributed by atoms with Crippen LogP contribution in [-0.4, -0.2) is 44.5 Å². The number of hydrogen-bond donors (Lipinski definition) is 0. The number of hydrogen-bond acceptors (Lipinski definition) is 6. The minimum Gasteiger partial charge on any atom is -0.497 e. The lowest BCUT2D eigenvalue weighted by atomic mass is 10.2. The highest BCUT2D eigenvalue weighted by Crippen LogP contribution is 2.16. The summed E-state index contributed by atoms with van der Waals surface area (Å²) in [5.74, 6) is -0.245. The van der Waals surface area contributed by atoms with Gasteiger partial charge in [0.15, 0.2) is 6.61 Å². The molecular weight excluding hydrogens is 360 g/mol. The fourth-order valence-electron chi connectivity index (χ4n) is 2.45. The lowest BCUT2D eigenvalue weighted by Gasteiger charge is -2.26. The molecule has 2 aromatic rings. The third-order valence-electron chi connectivity index (χ3n) is 3.75. The maximum atomic E-state index is 12.4. The number of benzene rings is 2. The molecule has 0 fully saturated rings. The summed E-state index contributed by atoms with van der Waals surface area (Å²) in [4.78, 5) is 30.7. The van der Waals surface area contributed by atoms with Gasteiger partial charge in [-0.3, -0.25) is 4.79 Å². The number of ether oxygens (including phenoxy) is 2. The predicted molar refractivity (Wildman–Crippen MR) is 107 cm³/mol. The van der Waals surface area contributed by atoms with Gasteiger partial charge in [-0.25, -0.2) is 4.79 Å². The van der Waals surface area contributed by atoms with Crippen LogP contribution in [0.15, 0.2) is 59.8 Å². The Morgan fingerprint density at radius 1 is 1.04 bits per heavy atom. The lowest BCUT2D eigenvalue weighted by Crippen LogP contribution is -2.40. The number of nitrogens with zero attached hydrogens (tertiary/aromatic N) is 2. The molecule has 1 amide bonds. The van der Waals surface area contributed by atoms with Crippen LogP contribution in [0.25, 0.3) is 0 Å². The summed E-state index contributed by atoms with van der Waals surface area (Å²) in [6.07, 6.45) is 1.47. The highest BCUT2D eigenvalue weighted by Gasteiger charge is 2.20. The summed E-state index contributed by atoms with van der Waals surface area (Å²) in [6.45, 7) is 3.04.